The molecule has 1 aromatic carbocycles. The van der Waals surface area contributed by atoms with Crippen molar-refractivity contribution in [3.05, 3.63) is 46.6 Å². The zero-order valence-electron chi connectivity index (χ0n) is 13.2. The van der Waals surface area contributed by atoms with Crippen LogP contribution in [0, 0.1) is 0 Å². The summed E-state index contributed by atoms with van der Waals surface area (Å²) in [6.45, 7) is 2.42. The first-order valence-electron chi connectivity index (χ1n) is 7.86. The molecule has 0 saturated carbocycles. The average Bonchev–Trinajstić information content (AvgIpc) is 3.13. The van der Waals surface area contributed by atoms with Gasteiger partial charge in [0.1, 0.15) is 19.0 Å². The number of anilines is 1. The van der Waals surface area contributed by atoms with Crippen LogP contribution in [0.5, 0.6) is 5.75 Å². The number of hydrogen-bond acceptors (Lipinski definition) is 6. The molecule has 0 bridgehead atoms. The molecule has 0 spiro atoms. The van der Waals surface area contributed by atoms with Gasteiger partial charge in [-0.25, -0.2) is 4.79 Å². The third-order valence-electron chi connectivity index (χ3n) is 3.67. The van der Waals surface area contributed by atoms with E-state index in [-0.39, 0.29) is 18.9 Å². The highest BCUT2D eigenvalue weighted by Crippen LogP contribution is 2.18. The second-order valence-corrected chi connectivity index (χ2v) is 6.33. The van der Waals surface area contributed by atoms with Crippen molar-refractivity contribution in [1.29, 1.82) is 0 Å². The molecule has 1 aromatic heterocycles. The Bertz CT molecular complexity index is 688. The molecule has 3 rings (SSSR count). The molecule has 2 heterocycles. The standard InChI is InChI=1S/C17H18BrN3O3/c18-13-4-3-5-14(12-13)23-10-11-24-17(22)15-6-7-16(20-19-15)21-8-1-2-9-21/h3-7,12H,1-2,8-11H2. The zero-order valence-corrected chi connectivity index (χ0v) is 14.7. The van der Waals surface area contributed by atoms with Gasteiger partial charge in [-0.05, 0) is 43.2 Å². The van der Waals surface area contributed by atoms with E-state index in [2.05, 4.69) is 31.0 Å². The van der Waals surface area contributed by atoms with Crippen LogP contribution < -0.4 is 9.64 Å². The Kier molecular flexibility index (Phi) is 5.63. The maximum absolute atomic E-state index is 11.9. The van der Waals surface area contributed by atoms with Crippen molar-refractivity contribution in [2.45, 2.75) is 12.8 Å². The van der Waals surface area contributed by atoms with E-state index in [9.17, 15) is 4.79 Å². The normalized spacial score (nSPS) is 13.8. The quantitative estimate of drug-likeness (QED) is 0.556. The largest absolute Gasteiger partial charge is 0.490 e. The monoisotopic (exact) mass is 391 g/mol. The number of rotatable bonds is 6. The number of hydrogen-bond donors (Lipinski definition) is 0. The van der Waals surface area contributed by atoms with E-state index in [1.165, 1.54) is 12.8 Å². The van der Waals surface area contributed by atoms with E-state index in [0.29, 0.717) is 0 Å². The van der Waals surface area contributed by atoms with Crippen molar-refractivity contribution in [2.75, 3.05) is 31.2 Å². The molecule has 126 valence electrons. The minimum atomic E-state index is -0.492. The molecule has 0 N–H and O–H groups in total. The maximum atomic E-state index is 11.9. The lowest BCUT2D eigenvalue weighted by Crippen LogP contribution is -2.20. The highest BCUT2D eigenvalue weighted by Gasteiger charge is 2.15. The first-order chi connectivity index (χ1) is 11.7. The summed E-state index contributed by atoms with van der Waals surface area (Å²) in [5, 5.41) is 8.06. The lowest BCUT2D eigenvalue weighted by Gasteiger charge is -2.15. The van der Waals surface area contributed by atoms with Gasteiger partial charge in [0.05, 0.1) is 0 Å². The summed E-state index contributed by atoms with van der Waals surface area (Å²) in [7, 11) is 0. The first kappa shape index (κ1) is 16.7. The van der Waals surface area contributed by atoms with E-state index < -0.39 is 5.97 Å². The fraction of sp³-hybridized carbons (Fsp3) is 0.353. The summed E-state index contributed by atoms with van der Waals surface area (Å²) < 4.78 is 11.6. The van der Waals surface area contributed by atoms with Gasteiger partial charge in [0.25, 0.3) is 0 Å². The number of halogens is 1. The van der Waals surface area contributed by atoms with E-state index >= 15 is 0 Å². The fourth-order valence-electron chi connectivity index (χ4n) is 2.47. The smallest absolute Gasteiger partial charge is 0.358 e. The van der Waals surface area contributed by atoms with Crippen molar-refractivity contribution in [1.82, 2.24) is 10.2 Å². The summed E-state index contributed by atoms with van der Waals surface area (Å²) in [6, 6.07) is 10.9. The fourth-order valence-corrected chi connectivity index (χ4v) is 2.85. The molecule has 0 amide bonds. The second kappa shape index (κ2) is 8.10. The van der Waals surface area contributed by atoms with Crippen molar-refractivity contribution >= 4 is 27.7 Å². The zero-order chi connectivity index (χ0) is 16.8. The minimum Gasteiger partial charge on any atom is -0.490 e. The van der Waals surface area contributed by atoms with Crippen LogP contribution in [0.25, 0.3) is 0 Å². The van der Waals surface area contributed by atoms with Gasteiger partial charge in [-0.2, -0.15) is 0 Å². The highest BCUT2D eigenvalue weighted by atomic mass is 79.9. The van der Waals surface area contributed by atoms with Crippen LogP contribution in [0.1, 0.15) is 23.3 Å². The first-order valence-corrected chi connectivity index (χ1v) is 8.66. The van der Waals surface area contributed by atoms with Gasteiger partial charge in [-0.15, -0.1) is 10.2 Å². The summed E-state index contributed by atoms with van der Waals surface area (Å²) >= 11 is 3.37. The predicted molar refractivity (Wildman–Crippen MR) is 93.4 cm³/mol. The Morgan fingerprint density at radius 3 is 2.67 bits per heavy atom. The van der Waals surface area contributed by atoms with Crippen LogP contribution in [0.3, 0.4) is 0 Å². The summed E-state index contributed by atoms with van der Waals surface area (Å²) in [5.41, 5.74) is 0.209. The molecule has 0 aliphatic carbocycles. The molecule has 1 fully saturated rings. The average molecular weight is 392 g/mol. The Labute approximate surface area is 148 Å². The number of aromatic nitrogens is 2. The van der Waals surface area contributed by atoms with E-state index in [1.807, 2.05) is 30.3 Å². The number of nitrogens with zero attached hydrogens (tertiary/aromatic N) is 3. The third kappa shape index (κ3) is 4.44. The van der Waals surface area contributed by atoms with Gasteiger partial charge in [0, 0.05) is 17.6 Å². The van der Waals surface area contributed by atoms with E-state index in [0.717, 1.165) is 29.1 Å². The molecule has 0 radical (unpaired) electrons. The highest BCUT2D eigenvalue weighted by molar-refractivity contribution is 9.10. The number of carbonyl (C=O) groups excluding carboxylic acids is 1. The van der Waals surface area contributed by atoms with Crippen LogP contribution in [-0.2, 0) is 4.74 Å². The van der Waals surface area contributed by atoms with Crippen LogP contribution >= 0.6 is 15.9 Å². The molecular weight excluding hydrogens is 374 g/mol. The van der Waals surface area contributed by atoms with Gasteiger partial charge in [0.2, 0.25) is 0 Å². The van der Waals surface area contributed by atoms with Gasteiger partial charge in [0.15, 0.2) is 11.5 Å². The van der Waals surface area contributed by atoms with Crippen LogP contribution in [0.4, 0.5) is 5.82 Å². The second-order valence-electron chi connectivity index (χ2n) is 5.41. The Hall–Kier alpha value is -2.15. The van der Waals surface area contributed by atoms with Crippen LogP contribution in [0.2, 0.25) is 0 Å². The molecular formula is C17H18BrN3O3. The van der Waals surface area contributed by atoms with Crippen LogP contribution in [0.15, 0.2) is 40.9 Å². The minimum absolute atomic E-state index is 0.154. The molecule has 24 heavy (non-hydrogen) atoms. The van der Waals surface area contributed by atoms with Gasteiger partial charge >= 0.3 is 5.97 Å². The molecule has 0 unspecified atom stereocenters. The molecule has 2 aromatic rings. The number of esters is 1. The number of carbonyl (C=O) groups is 1. The van der Waals surface area contributed by atoms with Crippen molar-refractivity contribution in [3.63, 3.8) is 0 Å². The van der Waals surface area contributed by atoms with Crippen molar-refractivity contribution in [3.8, 4) is 5.75 Å². The third-order valence-corrected chi connectivity index (χ3v) is 4.16. The van der Waals surface area contributed by atoms with Crippen LogP contribution in [-0.4, -0.2) is 42.5 Å². The summed E-state index contributed by atoms with van der Waals surface area (Å²) in [5.74, 6) is 1.03. The molecule has 0 atom stereocenters. The number of ether oxygens (including phenoxy) is 2. The lowest BCUT2D eigenvalue weighted by atomic mass is 10.3. The molecule has 6 nitrogen and oxygen atoms in total. The van der Waals surface area contributed by atoms with Crippen molar-refractivity contribution < 1.29 is 14.3 Å². The van der Waals surface area contributed by atoms with Gasteiger partial charge < -0.3 is 14.4 Å². The topological polar surface area (TPSA) is 64.6 Å². The van der Waals surface area contributed by atoms with Gasteiger partial charge in [-0.3, -0.25) is 0 Å². The SMILES string of the molecule is O=C(OCCOc1cccc(Br)c1)c1ccc(N2CCCC2)nn1. The van der Waals surface area contributed by atoms with E-state index in [1.54, 1.807) is 6.07 Å². The Morgan fingerprint density at radius 1 is 1.12 bits per heavy atom. The Balaban J connectivity index is 1.44. The summed E-state index contributed by atoms with van der Waals surface area (Å²) in [4.78, 5) is 14.1. The van der Waals surface area contributed by atoms with Gasteiger partial charge in [-0.1, -0.05) is 22.0 Å². The molecule has 1 saturated heterocycles. The Morgan fingerprint density at radius 2 is 1.96 bits per heavy atom. The molecule has 1 aliphatic rings. The number of benzene rings is 1. The lowest BCUT2D eigenvalue weighted by molar-refractivity contribution is 0.0442. The molecule has 1 aliphatic heterocycles. The summed E-state index contributed by atoms with van der Waals surface area (Å²) in [6.07, 6.45) is 2.34. The van der Waals surface area contributed by atoms with Crippen molar-refractivity contribution in [2.24, 2.45) is 0 Å². The molecule has 7 heteroatoms. The van der Waals surface area contributed by atoms with E-state index in [4.69, 9.17) is 9.47 Å². The maximum Gasteiger partial charge on any atom is 0.358 e. The predicted octanol–water partition coefficient (Wildman–Crippen LogP) is 3.08.